The lowest BCUT2D eigenvalue weighted by Gasteiger charge is -2.26. The quantitative estimate of drug-likeness (QED) is 0.116. The first-order chi connectivity index (χ1) is 21.3. The molecular formula is C30H25F7N2O5S. The standard InChI is InChI=1S/C30H25F7N2O5S/c1-3-45(40,41)39(15-18-7-9-21(42-2)10-8-18)27-26(33)25(28(34)38-29(27)44-17-31)23-14-22(11-12-24(23)32)43-16-19-5-4-6-20(13-19)30(35,36)37/h4-14H,3,15-17H2,1-2H3. The summed E-state index contributed by atoms with van der Waals surface area (Å²) >= 11 is 0. The summed E-state index contributed by atoms with van der Waals surface area (Å²) in [5, 5.41) is 0. The van der Waals surface area contributed by atoms with Gasteiger partial charge in [-0.2, -0.15) is 22.5 Å². The third kappa shape index (κ3) is 7.59. The summed E-state index contributed by atoms with van der Waals surface area (Å²) < 4.78 is 141. The summed E-state index contributed by atoms with van der Waals surface area (Å²) in [6.07, 6.45) is -4.61. The molecule has 0 N–H and O–H groups in total. The van der Waals surface area contributed by atoms with Gasteiger partial charge in [0.1, 0.15) is 23.9 Å². The predicted molar refractivity (Wildman–Crippen MR) is 151 cm³/mol. The third-order valence-corrected chi connectivity index (χ3v) is 8.24. The van der Waals surface area contributed by atoms with Crippen LogP contribution >= 0.6 is 0 Å². The van der Waals surface area contributed by atoms with Crippen LogP contribution in [-0.2, 0) is 29.4 Å². The Morgan fingerprint density at radius 2 is 1.58 bits per heavy atom. The van der Waals surface area contributed by atoms with Crippen molar-refractivity contribution in [2.75, 3.05) is 24.0 Å². The molecule has 45 heavy (non-hydrogen) atoms. The molecule has 0 amide bonds. The fourth-order valence-electron chi connectivity index (χ4n) is 4.26. The number of hydrogen-bond acceptors (Lipinski definition) is 6. The van der Waals surface area contributed by atoms with E-state index in [1.165, 1.54) is 50.4 Å². The molecule has 0 radical (unpaired) electrons. The summed E-state index contributed by atoms with van der Waals surface area (Å²) in [6, 6.07) is 12.9. The van der Waals surface area contributed by atoms with E-state index in [2.05, 4.69) is 9.72 Å². The van der Waals surface area contributed by atoms with Crippen LogP contribution in [0.15, 0.2) is 66.7 Å². The number of rotatable bonds is 12. The number of hydrogen-bond donors (Lipinski definition) is 0. The van der Waals surface area contributed by atoms with Gasteiger partial charge in [0.05, 0.1) is 30.5 Å². The highest BCUT2D eigenvalue weighted by Crippen LogP contribution is 2.41. The minimum Gasteiger partial charge on any atom is -0.497 e. The van der Waals surface area contributed by atoms with Gasteiger partial charge < -0.3 is 14.2 Å². The Labute approximate surface area is 253 Å². The third-order valence-electron chi connectivity index (χ3n) is 6.53. The highest BCUT2D eigenvalue weighted by molar-refractivity contribution is 7.92. The molecule has 0 saturated carbocycles. The molecule has 1 aromatic heterocycles. The van der Waals surface area contributed by atoms with E-state index in [1.54, 1.807) is 0 Å². The van der Waals surface area contributed by atoms with Crippen molar-refractivity contribution in [2.24, 2.45) is 0 Å². The zero-order valence-electron chi connectivity index (χ0n) is 23.7. The molecule has 0 fully saturated rings. The van der Waals surface area contributed by atoms with Crippen LogP contribution in [0.2, 0.25) is 0 Å². The van der Waals surface area contributed by atoms with E-state index in [0.717, 1.165) is 30.3 Å². The maximum Gasteiger partial charge on any atom is 0.416 e. The van der Waals surface area contributed by atoms with Crippen molar-refractivity contribution in [1.82, 2.24) is 4.98 Å². The Bertz CT molecular complexity index is 1770. The Kier molecular flexibility index (Phi) is 10.1. The second kappa shape index (κ2) is 13.6. The van der Waals surface area contributed by atoms with Crippen LogP contribution in [-0.4, -0.2) is 33.1 Å². The molecule has 1 heterocycles. The van der Waals surface area contributed by atoms with E-state index >= 15 is 13.2 Å². The lowest BCUT2D eigenvalue weighted by Crippen LogP contribution is -2.33. The number of anilines is 1. The van der Waals surface area contributed by atoms with Gasteiger partial charge in [0, 0.05) is 5.56 Å². The number of aromatic nitrogens is 1. The summed E-state index contributed by atoms with van der Waals surface area (Å²) in [5.41, 5.74) is -3.36. The van der Waals surface area contributed by atoms with Gasteiger partial charge in [-0.3, -0.25) is 4.31 Å². The summed E-state index contributed by atoms with van der Waals surface area (Å²) in [7, 11) is -2.96. The number of alkyl halides is 4. The van der Waals surface area contributed by atoms with Crippen molar-refractivity contribution in [3.8, 4) is 28.5 Å². The number of sulfonamides is 1. The number of halogens is 7. The molecule has 0 bridgehead atoms. The molecule has 0 aliphatic heterocycles. The normalized spacial score (nSPS) is 11.8. The van der Waals surface area contributed by atoms with E-state index in [9.17, 15) is 26.0 Å². The fourth-order valence-corrected chi connectivity index (χ4v) is 5.35. The predicted octanol–water partition coefficient (Wildman–Crippen LogP) is 7.43. The molecule has 240 valence electrons. The summed E-state index contributed by atoms with van der Waals surface area (Å²) in [4.78, 5) is 3.43. The Morgan fingerprint density at radius 1 is 0.889 bits per heavy atom. The highest BCUT2D eigenvalue weighted by Gasteiger charge is 2.34. The van der Waals surface area contributed by atoms with Crippen molar-refractivity contribution < 1.29 is 53.4 Å². The van der Waals surface area contributed by atoms with Crippen molar-refractivity contribution in [2.45, 2.75) is 26.3 Å². The highest BCUT2D eigenvalue weighted by atomic mass is 32.2. The molecule has 0 spiro atoms. The van der Waals surface area contributed by atoms with E-state index in [-0.39, 0.29) is 11.3 Å². The SMILES string of the molecule is CCS(=O)(=O)N(Cc1ccc(OC)cc1)c1c(OCF)nc(F)c(-c2cc(OCc3cccc(C(F)(F)F)c3)ccc2F)c1F. The van der Waals surface area contributed by atoms with E-state index in [4.69, 9.17) is 9.47 Å². The van der Waals surface area contributed by atoms with Crippen LogP contribution in [0.1, 0.15) is 23.6 Å². The zero-order chi connectivity index (χ0) is 32.9. The van der Waals surface area contributed by atoms with Crippen LogP contribution in [0.5, 0.6) is 17.4 Å². The van der Waals surface area contributed by atoms with Gasteiger partial charge in [0.25, 0.3) is 0 Å². The minimum absolute atomic E-state index is 0.101. The number of methoxy groups -OCH3 is 1. The van der Waals surface area contributed by atoms with Gasteiger partial charge in [-0.1, -0.05) is 24.3 Å². The number of ether oxygens (including phenoxy) is 3. The molecular weight excluding hydrogens is 633 g/mol. The van der Waals surface area contributed by atoms with E-state index < -0.39 is 87.8 Å². The van der Waals surface area contributed by atoms with Crippen LogP contribution in [0, 0.1) is 17.6 Å². The number of benzene rings is 3. The molecule has 0 saturated heterocycles. The molecule has 0 unspecified atom stereocenters. The second-order valence-electron chi connectivity index (χ2n) is 9.38. The van der Waals surface area contributed by atoms with Crippen molar-refractivity contribution in [3.05, 3.63) is 101 Å². The average molecular weight is 659 g/mol. The molecule has 3 aromatic carbocycles. The summed E-state index contributed by atoms with van der Waals surface area (Å²) in [6.45, 7) is -1.33. The molecule has 7 nitrogen and oxygen atoms in total. The van der Waals surface area contributed by atoms with Crippen LogP contribution < -0.4 is 18.5 Å². The largest absolute Gasteiger partial charge is 0.497 e. The van der Waals surface area contributed by atoms with Crippen LogP contribution in [0.4, 0.5) is 36.4 Å². The molecule has 4 aromatic rings. The second-order valence-corrected chi connectivity index (χ2v) is 11.6. The first kappa shape index (κ1) is 33.4. The lowest BCUT2D eigenvalue weighted by atomic mass is 10.0. The van der Waals surface area contributed by atoms with Gasteiger partial charge >= 0.3 is 6.18 Å². The van der Waals surface area contributed by atoms with Gasteiger partial charge in [-0.05, 0) is 60.5 Å². The molecule has 0 atom stereocenters. The lowest BCUT2D eigenvalue weighted by molar-refractivity contribution is -0.137. The van der Waals surface area contributed by atoms with Gasteiger partial charge in [-0.25, -0.2) is 21.6 Å². The van der Waals surface area contributed by atoms with E-state index in [1.807, 2.05) is 0 Å². The van der Waals surface area contributed by atoms with Gasteiger partial charge in [0.2, 0.25) is 28.7 Å². The smallest absolute Gasteiger partial charge is 0.416 e. The Morgan fingerprint density at radius 3 is 2.20 bits per heavy atom. The maximum absolute atomic E-state index is 16.3. The van der Waals surface area contributed by atoms with Gasteiger partial charge in [0.15, 0.2) is 11.5 Å². The zero-order valence-corrected chi connectivity index (χ0v) is 24.5. The molecule has 0 aliphatic rings. The van der Waals surface area contributed by atoms with E-state index in [0.29, 0.717) is 15.6 Å². The van der Waals surface area contributed by atoms with Crippen molar-refractivity contribution in [1.29, 1.82) is 0 Å². The van der Waals surface area contributed by atoms with Crippen molar-refractivity contribution >= 4 is 15.7 Å². The van der Waals surface area contributed by atoms with Gasteiger partial charge in [-0.15, -0.1) is 0 Å². The summed E-state index contributed by atoms with van der Waals surface area (Å²) in [5.74, 6) is -5.84. The first-order valence-corrected chi connectivity index (χ1v) is 14.7. The number of nitrogens with zero attached hydrogens (tertiary/aromatic N) is 2. The topological polar surface area (TPSA) is 78.0 Å². The Hall–Kier alpha value is -4.53. The van der Waals surface area contributed by atoms with Crippen molar-refractivity contribution in [3.63, 3.8) is 0 Å². The first-order valence-electron chi connectivity index (χ1n) is 13.1. The minimum atomic E-state index is -4.61. The molecule has 4 rings (SSSR count). The fraction of sp³-hybridized carbons (Fsp3) is 0.233. The monoisotopic (exact) mass is 658 g/mol. The Balaban J connectivity index is 1.80. The van der Waals surface area contributed by atoms with Crippen LogP contribution in [0.3, 0.4) is 0 Å². The number of pyridine rings is 1. The maximum atomic E-state index is 16.3. The average Bonchev–Trinajstić information content (AvgIpc) is 3.00. The molecule has 15 heteroatoms. The van der Waals surface area contributed by atoms with Crippen LogP contribution in [0.25, 0.3) is 11.1 Å². The molecule has 0 aliphatic carbocycles.